The van der Waals surface area contributed by atoms with E-state index in [1.807, 2.05) is 12.1 Å². The Morgan fingerprint density at radius 2 is 1.72 bits per heavy atom. The molecule has 2 aromatic carbocycles. The third-order valence-electron chi connectivity index (χ3n) is 5.38. The summed E-state index contributed by atoms with van der Waals surface area (Å²) in [7, 11) is -1.11. The SMILES string of the molecule is C[Si](C)(C)CCc1cc(O)cc2c1CC(c1ccc(O)cc1)CCC2. The predicted molar refractivity (Wildman–Crippen MR) is 107 cm³/mol. The fourth-order valence-electron chi connectivity index (χ4n) is 3.92. The first-order valence-electron chi connectivity index (χ1n) is 9.44. The number of aryl methyl sites for hydroxylation is 2. The van der Waals surface area contributed by atoms with Gasteiger partial charge in [-0.05, 0) is 84.5 Å². The van der Waals surface area contributed by atoms with Crippen molar-refractivity contribution in [1.82, 2.24) is 0 Å². The molecule has 0 saturated heterocycles. The van der Waals surface area contributed by atoms with Crippen molar-refractivity contribution < 1.29 is 10.2 Å². The van der Waals surface area contributed by atoms with E-state index in [0.717, 1.165) is 32.1 Å². The largest absolute Gasteiger partial charge is 0.508 e. The third-order valence-corrected chi connectivity index (χ3v) is 7.13. The van der Waals surface area contributed by atoms with E-state index in [2.05, 4.69) is 31.8 Å². The van der Waals surface area contributed by atoms with Gasteiger partial charge in [-0.3, -0.25) is 0 Å². The topological polar surface area (TPSA) is 40.5 Å². The zero-order chi connectivity index (χ0) is 18.0. The van der Waals surface area contributed by atoms with Crippen LogP contribution in [0.15, 0.2) is 36.4 Å². The third kappa shape index (κ3) is 4.66. The quantitative estimate of drug-likeness (QED) is 0.551. The number of rotatable bonds is 4. The number of hydrogen-bond donors (Lipinski definition) is 2. The standard InChI is InChI=1S/C22H30O2Si/c1-25(2,3)12-11-19-14-21(24)13-18-6-4-5-17(15-22(18)19)16-7-9-20(23)10-8-16/h7-10,13-14,17,23-24H,4-6,11-12,15H2,1-3H3. The van der Waals surface area contributed by atoms with E-state index >= 15 is 0 Å². The first kappa shape index (κ1) is 18.1. The number of phenols is 2. The molecule has 1 unspecified atom stereocenters. The molecule has 2 N–H and O–H groups in total. The van der Waals surface area contributed by atoms with Crippen molar-refractivity contribution in [1.29, 1.82) is 0 Å². The molecule has 2 nitrogen and oxygen atoms in total. The van der Waals surface area contributed by atoms with Crippen molar-refractivity contribution in [2.24, 2.45) is 0 Å². The Kier molecular flexibility index (Phi) is 5.23. The predicted octanol–water partition coefficient (Wildman–Crippen LogP) is 5.64. The molecule has 2 aromatic rings. The number of phenolic OH excluding ortho intramolecular Hbond substituents is 2. The maximum atomic E-state index is 10.2. The zero-order valence-corrected chi connectivity index (χ0v) is 16.7. The minimum Gasteiger partial charge on any atom is -0.508 e. The zero-order valence-electron chi connectivity index (χ0n) is 15.7. The first-order chi connectivity index (χ1) is 11.8. The second-order valence-corrected chi connectivity index (χ2v) is 14.3. The average Bonchev–Trinajstić information content (AvgIpc) is 2.75. The Hall–Kier alpha value is -1.74. The van der Waals surface area contributed by atoms with Gasteiger partial charge >= 0.3 is 0 Å². The lowest BCUT2D eigenvalue weighted by Crippen LogP contribution is -2.20. The van der Waals surface area contributed by atoms with Gasteiger partial charge in [-0.25, -0.2) is 0 Å². The van der Waals surface area contributed by atoms with Gasteiger partial charge in [0.25, 0.3) is 0 Å². The molecular formula is C22H30O2Si. The van der Waals surface area contributed by atoms with E-state index < -0.39 is 8.07 Å². The molecule has 3 heteroatoms. The summed E-state index contributed by atoms with van der Waals surface area (Å²) in [6, 6.07) is 13.0. The Morgan fingerprint density at radius 3 is 2.40 bits per heavy atom. The van der Waals surface area contributed by atoms with Crippen LogP contribution in [0.1, 0.15) is 41.0 Å². The molecule has 1 aliphatic carbocycles. The van der Waals surface area contributed by atoms with Crippen molar-refractivity contribution in [3.63, 3.8) is 0 Å². The first-order valence-corrected chi connectivity index (χ1v) is 13.1. The fraction of sp³-hybridized carbons (Fsp3) is 0.455. The number of hydrogen-bond acceptors (Lipinski definition) is 2. The Morgan fingerprint density at radius 1 is 1.00 bits per heavy atom. The second kappa shape index (κ2) is 7.25. The summed E-state index contributed by atoms with van der Waals surface area (Å²) in [5.74, 6) is 1.25. The highest BCUT2D eigenvalue weighted by molar-refractivity contribution is 6.76. The Balaban J connectivity index is 1.91. The van der Waals surface area contributed by atoms with E-state index in [1.54, 1.807) is 12.1 Å². The summed E-state index contributed by atoms with van der Waals surface area (Å²) < 4.78 is 0. The number of aromatic hydroxyl groups is 2. The molecule has 3 rings (SSSR count). The minimum atomic E-state index is -1.11. The Bertz CT molecular complexity index is 729. The van der Waals surface area contributed by atoms with E-state index in [0.29, 0.717) is 17.4 Å². The highest BCUT2D eigenvalue weighted by Crippen LogP contribution is 2.36. The van der Waals surface area contributed by atoms with E-state index in [1.165, 1.54) is 28.3 Å². The van der Waals surface area contributed by atoms with Gasteiger partial charge in [0.05, 0.1) is 0 Å². The summed E-state index contributed by atoms with van der Waals surface area (Å²) >= 11 is 0. The van der Waals surface area contributed by atoms with Crippen LogP contribution in [0.5, 0.6) is 11.5 Å². The van der Waals surface area contributed by atoms with Gasteiger partial charge in [0.1, 0.15) is 11.5 Å². The van der Waals surface area contributed by atoms with Crippen LogP contribution in [-0.4, -0.2) is 18.3 Å². The summed E-state index contributed by atoms with van der Waals surface area (Å²) in [5.41, 5.74) is 5.47. The molecule has 0 fully saturated rings. The van der Waals surface area contributed by atoms with Crippen molar-refractivity contribution >= 4 is 8.07 Å². The lowest BCUT2D eigenvalue weighted by atomic mass is 9.87. The molecule has 0 spiro atoms. The van der Waals surface area contributed by atoms with E-state index in [4.69, 9.17) is 0 Å². The monoisotopic (exact) mass is 354 g/mol. The molecule has 0 amide bonds. The van der Waals surface area contributed by atoms with Crippen LogP contribution in [0.2, 0.25) is 25.7 Å². The normalized spacial score (nSPS) is 17.8. The van der Waals surface area contributed by atoms with Crippen LogP contribution in [0.4, 0.5) is 0 Å². The molecule has 0 heterocycles. The van der Waals surface area contributed by atoms with Crippen molar-refractivity contribution in [2.75, 3.05) is 0 Å². The highest BCUT2D eigenvalue weighted by Gasteiger charge is 2.22. The summed E-state index contributed by atoms with van der Waals surface area (Å²) in [4.78, 5) is 0. The molecule has 0 aliphatic heterocycles. The van der Waals surface area contributed by atoms with Gasteiger partial charge in [0, 0.05) is 8.07 Å². The van der Waals surface area contributed by atoms with Crippen LogP contribution in [0.25, 0.3) is 0 Å². The molecule has 25 heavy (non-hydrogen) atoms. The van der Waals surface area contributed by atoms with Gasteiger partial charge in [-0.15, -0.1) is 0 Å². The van der Waals surface area contributed by atoms with Crippen LogP contribution < -0.4 is 0 Å². The molecule has 0 bridgehead atoms. The average molecular weight is 355 g/mol. The van der Waals surface area contributed by atoms with Crippen LogP contribution in [0.3, 0.4) is 0 Å². The fourth-order valence-corrected chi connectivity index (χ4v) is 4.93. The molecule has 0 saturated carbocycles. The molecule has 0 radical (unpaired) electrons. The van der Waals surface area contributed by atoms with Gasteiger partial charge in [-0.1, -0.05) is 37.8 Å². The number of benzene rings is 2. The van der Waals surface area contributed by atoms with Gasteiger partial charge < -0.3 is 10.2 Å². The van der Waals surface area contributed by atoms with Gasteiger partial charge in [0.15, 0.2) is 0 Å². The smallest absolute Gasteiger partial charge is 0.116 e. The van der Waals surface area contributed by atoms with Crippen molar-refractivity contribution in [3.05, 3.63) is 58.7 Å². The highest BCUT2D eigenvalue weighted by atomic mass is 28.3. The van der Waals surface area contributed by atoms with Crippen molar-refractivity contribution in [2.45, 2.75) is 63.7 Å². The molecule has 134 valence electrons. The van der Waals surface area contributed by atoms with Crippen LogP contribution >= 0.6 is 0 Å². The number of fused-ring (bicyclic) bond motifs is 1. The van der Waals surface area contributed by atoms with Crippen molar-refractivity contribution in [3.8, 4) is 11.5 Å². The van der Waals surface area contributed by atoms with Crippen LogP contribution in [-0.2, 0) is 19.3 Å². The lowest BCUT2D eigenvalue weighted by molar-refractivity contribution is 0.473. The lowest BCUT2D eigenvalue weighted by Gasteiger charge is -2.21. The Labute approximate surface area is 152 Å². The van der Waals surface area contributed by atoms with E-state index in [9.17, 15) is 10.2 Å². The molecule has 1 aliphatic rings. The maximum Gasteiger partial charge on any atom is 0.116 e. The van der Waals surface area contributed by atoms with Gasteiger partial charge in [0.2, 0.25) is 0 Å². The molecule has 0 aromatic heterocycles. The summed E-state index contributed by atoms with van der Waals surface area (Å²) in [5, 5.41) is 19.8. The summed E-state index contributed by atoms with van der Waals surface area (Å²) in [6.45, 7) is 7.23. The maximum absolute atomic E-state index is 10.2. The van der Waals surface area contributed by atoms with E-state index in [-0.39, 0.29) is 0 Å². The molecular weight excluding hydrogens is 324 g/mol. The second-order valence-electron chi connectivity index (χ2n) is 8.69. The molecule has 1 atom stereocenters. The van der Waals surface area contributed by atoms with Gasteiger partial charge in [-0.2, -0.15) is 0 Å². The van der Waals surface area contributed by atoms with Crippen LogP contribution in [0, 0.1) is 0 Å². The summed E-state index contributed by atoms with van der Waals surface area (Å²) in [6.07, 6.45) is 5.48. The minimum absolute atomic E-state index is 0.332.